The first-order valence-electron chi connectivity index (χ1n) is 10.4. The molecule has 30 heavy (non-hydrogen) atoms. The summed E-state index contributed by atoms with van der Waals surface area (Å²) in [6, 6.07) is 7.75. The summed E-state index contributed by atoms with van der Waals surface area (Å²) < 4.78 is 12.1. The molecule has 5 rings (SSSR count). The van der Waals surface area contributed by atoms with Crippen LogP contribution in [-0.4, -0.2) is 23.5 Å². The van der Waals surface area contributed by atoms with Gasteiger partial charge in [0.2, 0.25) is 5.78 Å². The number of rotatable bonds is 2. The largest absolute Gasteiger partial charge is 0.477 e. The van der Waals surface area contributed by atoms with Crippen LogP contribution in [0.1, 0.15) is 59.2 Å². The standard InChI is InChI=1S/C24H23Cl2NO3/c1-14-23-15(12-27(13-29-23)16-6-3-2-4-7-16)10-18-22(28)21(30-24(14)18)11-17-19(25)8-5-9-20(17)26/h5,8-11,16H,2-4,6-7,12-13H2,1H3/b21-11-. The summed E-state index contributed by atoms with van der Waals surface area (Å²) in [5.41, 5.74) is 3.08. The third kappa shape index (κ3) is 3.41. The Morgan fingerprint density at radius 1 is 1.10 bits per heavy atom. The van der Waals surface area contributed by atoms with E-state index in [1.807, 2.05) is 13.0 Å². The number of Topliss-reactive ketones (excluding diaryl/α,β-unsaturated/α-hetero) is 1. The monoisotopic (exact) mass is 443 g/mol. The van der Waals surface area contributed by atoms with Crippen molar-refractivity contribution in [2.24, 2.45) is 0 Å². The van der Waals surface area contributed by atoms with Gasteiger partial charge < -0.3 is 9.47 Å². The van der Waals surface area contributed by atoms with Crippen LogP contribution in [0.3, 0.4) is 0 Å². The van der Waals surface area contributed by atoms with Gasteiger partial charge in [-0.15, -0.1) is 0 Å². The van der Waals surface area contributed by atoms with Crippen LogP contribution in [-0.2, 0) is 6.54 Å². The van der Waals surface area contributed by atoms with Crippen molar-refractivity contribution in [3.8, 4) is 11.5 Å². The lowest BCUT2D eigenvalue weighted by Gasteiger charge is -2.37. The Morgan fingerprint density at radius 2 is 1.83 bits per heavy atom. The molecular formula is C24H23Cl2NO3. The molecule has 4 nitrogen and oxygen atoms in total. The van der Waals surface area contributed by atoms with Crippen molar-refractivity contribution in [3.05, 3.63) is 62.3 Å². The first kappa shape index (κ1) is 19.9. The number of allylic oxidation sites excluding steroid dienone is 1. The van der Waals surface area contributed by atoms with Gasteiger partial charge in [-0.1, -0.05) is 48.5 Å². The number of hydrogen-bond acceptors (Lipinski definition) is 4. The molecule has 1 fully saturated rings. The quantitative estimate of drug-likeness (QED) is 0.503. The molecule has 0 radical (unpaired) electrons. The molecule has 0 N–H and O–H groups in total. The lowest BCUT2D eigenvalue weighted by molar-refractivity contribution is 0.0397. The second-order valence-corrected chi connectivity index (χ2v) is 9.07. The highest BCUT2D eigenvalue weighted by atomic mass is 35.5. The number of fused-ring (bicyclic) bond motifs is 2. The minimum atomic E-state index is -0.151. The average molecular weight is 444 g/mol. The smallest absolute Gasteiger partial charge is 0.231 e. The highest BCUT2D eigenvalue weighted by molar-refractivity contribution is 6.37. The average Bonchev–Trinajstić information content (AvgIpc) is 3.07. The van der Waals surface area contributed by atoms with E-state index in [-0.39, 0.29) is 11.5 Å². The summed E-state index contributed by atoms with van der Waals surface area (Å²) >= 11 is 12.5. The van der Waals surface area contributed by atoms with E-state index in [0.717, 1.165) is 23.4 Å². The first-order valence-corrected chi connectivity index (χ1v) is 11.2. The van der Waals surface area contributed by atoms with Crippen LogP contribution < -0.4 is 9.47 Å². The molecule has 0 unspecified atom stereocenters. The van der Waals surface area contributed by atoms with Crippen LogP contribution in [0.2, 0.25) is 10.0 Å². The van der Waals surface area contributed by atoms with Gasteiger partial charge in [-0.2, -0.15) is 0 Å². The van der Waals surface area contributed by atoms with Gasteiger partial charge in [-0.3, -0.25) is 9.69 Å². The zero-order valence-corrected chi connectivity index (χ0v) is 18.4. The van der Waals surface area contributed by atoms with E-state index >= 15 is 0 Å². The zero-order chi connectivity index (χ0) is 20.8. The highest BCUT2D eigenvalue weighted by Gasteiger charge is 2.35. The Bertz CT molecular complexity index is 1040. The molecule has 0 spiro atoms. The van der Waals surface area contributed by atoms with Crippen molar-refractivity contribution in [1.29, 1.82) is 0 Å². The third-order valence-corrected chi connectivity index (χ3v) is 6.99. The van der Waals surface area contributed by atoms with Gasteiger partial charge in [-0.25, -0.2) is 0 Å². The van der Waals surface area contributed by atoms with Gasteiger partial charge >= 0.3 is 0 Å². The normalized spacial score (nSPS) is 20.6. The highest BCUT2D eigenvalue weighted by Crippen LogP contribution is 2.44. The zero-order valence-electron chi connectivity index (χ0n) is 16.8. The Labute approximate surface area is 186 Å². The fraction of sp³-hybridized carbons (Fsp3) is 0.375. The van der Waals surface area contributed by atoms with E-state index in [9.17, 15) is 4.79 Å². The van der Waals surface area contributed by atoms with Crippen LogP contribution in [0.5, 0.6) is 11.5 Å². The van der Waals surface area contributed by atoms with Crippen LogP contribution in [0.4, 0.5) is 0 Å². The predicted octanol–water partition coefficient (Wildman–Crippen LogP) is 6.40. The second kappa shape index (κ2) is 7.92. The second-order valence-electron chi connectivity index (χ2n) is 8.25. The maximum atomic E-state index is 13.1. The molecule has 1 aliphatic carbocycles. The number of ether oxygens (including phenoxy) is 2. The molecule has 2 aromatic carbocycles. The summed E-state index contributed by atoms with van der Waals surface area (Å²) in [6.45, 7) is 3.34. The third-order valence-electron chi connectivity index (χ3n) is 6.33. The molecule has 0 aromatic heterocycles. The number of benzene rings is 2. The molecule has 2 aliphatic heterocycles. The number of nitrogens with zero attached hydrogens (tertiary/aromatic N) is 1. The maximum Gasteiger partial charge on any atom is 0.231 e. The number of carbonyl (C=O) groups is 1. The lowest BCUT2D eigenvalue weighted by atomic mass is 9.93. The van der Waals surface area contributed by atoms with E-state index in [0.29, 0.717) is 39.7 Å². The van der Waals surface area contributed by atoms with Crippen LogP contribution >= 0.6 is 23.2 Å². The molecular weight excluding hydrogens is 421 g/mol. The predicted molar refractivity (Wildman–Crippen MR) is 118 cm³/mol. The molecule has 6 heteroatoms. The number of ketones is 1. The minimum Gasteiger partial charge on any atom is -0.477 e. The number of hydrogen-bond donors (Lipinski definition) is 0. The molecule has 0 bridgehead atoms. The summed E-state index contributed by atoms with van der Waals surface area (Å²) in [5, 5.41) is 0.953. The van der Waals surface area contributed by atoms with E-state index in [1.165, 1.54) is 32.1 Å². The molecule has 2 heterocycles. The van der Waals surface area contributed by atoms with Crippen LogP contribution in [0, 0.1) is 6.92 Å². The van der Waals surface area contributed by atoms with E-state index < -0.39 is 0 Å². The molecule has 156 valence electrons. The number of carbonyl (C=O) groups excluding carboxylic acids is 1. The summed E-state index contributed by atoms with van der Waals surface area (Å²) in [5.74, 6) is 1.49. The fourth-order valence-electron chi connectivity index (χ4n) is 4.73. The molecule has 0 saturated heterocycles. The van der Waals surface area contributed by atoms with Crippen molar-refractivity contribution < 1.29 is 14.3 Å². The van der Waals surface area contributed by atoms with Crippen LogP contribution in [0.15, 0.2) is 30.0 Å². The van der Waals surface area contributed by atoms with Crippen molar-refractivity contribution in [3.63, 3.8) is 0 Å². The Kier molecular flexibility index (Phi) is 5.26. The minimum absolute atomic E-state index is 0.151. The molecule has 1 saturated carbocycles. The first-order chi connectivity index (χ1) is 14.5. The molecule has 0 atom stereocenters. The van der Waals surface area contributed by atoms with E-state index in [4.69, 9.17) is 32.7 Å². The Balaban J connectivity index is 1.47. The van der Waals surface area contributed by atoms with Gasteiger partial charge in [0.1, 0.15) is 18.2 Å². The lowest BCUT2D eigenvalue weighted by Crippen LogP contribution is -2.41. The van der Waals surface area contributed by atoms with Gasteiger partial charge in [0.25, 0.3) is 0 Å². The van der Waals surface area contributed by atoms with Crippen molar-refractivity contribution >= 4 is 35.1 Å². The van der Waals surface area contributed by atoms with Gasteiger partial charge in [0, 0.05) is 39.3 Å². The van der Waals surface area contributed by atoms with Crippen molar-refractivity contribution in [2.45, 2.75) is 51.6 Å². The van der Waals surface area contributed by atoms with Crippen molar-refractivity contribution in [1.82, 2.24) is 4.90 Å². The van der Waals surface area contributed by atoms with E-state index in [2.05, 4.69) is 4.90 Å². The number of halogens is 2. The summed E-state index contributed by atoms with van der Waals surface area (Å²) in [7, 11) is 0. The fourth-order valence-corrected chi connectivity index (χ4v) is 5.23. The van der Waals surface area contributed by atoms with Gasteiger partial charge in [0.05, 0.1) is 5.56 Å². The molecule has 3 aliphatic rings. The van der Waals surface area contributed by atoms with Gasteiger partial charge in [0.15, 0.2) is 5.76 Å². The Morgan fingerprint density at radius 3 is 2.57 bits per heavy atom. The maximum absolute atomic E-state index is 13.1. The SMILES string of the molecule is Cc1c2c(cc3c1O/C(=C\c1c(Cl)cccc1Cl)C3=O)CN(C1CCCCC1)CO2. The summed E-state index contributed by atoms with van der Waals surface area (Å²) in [4.78, 5) is 15.5. The molecule has 2 aromatic rings. The topological polar surface area (TPSA) is 38.8 Å². The van der Waals surface area contributed by atoms with Crippen LogP contribution in [0.25, 0.3) is 6.08 Å². The van der Waals surface area contributed by atoms with E-state index in [1.54, 1.807) is 24.3 Å². The van der Waals surface area contributed by atoms with Crippen molar-refractivity contribution in [2.75, 3.05) is 6.73 Å². The summed E-state index contributed by atoms with van der Waals surface area (Å²) in [6.07, 6.45) is 7.95. The Hall–Kier alpha value is -2.01. The van der Waals surface area contributed by atoms with Gasteiger partial charge in [-0.05, 0) is 44.0 Å². The molecule has 0 amide bonds.